The van der Waals surface area contributed by atoms with Crippen LogP contribution in [0.3, 0.4) is 0 Å². The van der Waals surface area contributed by atoms with Gasteiger partial charge in [-0.3, -0.25) is 0 Å². The Balaban J connectivity index is 2.02. The number of aromatic nitrogens is 3. The van der Waals surface area contributed by atoms with Crippen LogP contribution in [0.4, 0.5) is 5.95 Å². The molecule has 88 valence electrons. The Kier molecular flexibility index (Phi) is 2.24. The zero-order valence-corrected chi connectivity index (χ0v) is 9.37. The van der Waals surface area contributed by atoms with Crippen molar-refractivity contribution >= 4 is 5.95 Å². The Labute approximate surface area is 98.9 Å². The predicted octanol–water partition coefficient (Wildman–Crippen LogP) is 1.49. The minimum absolute atomic E-state index is 0.184. The molecule has 0 saturated heterocycles. The van der Waals surface area contributed by atoms with Gasteiger partial charge in [-0.05, 0) is 30.5 Å². The first-order chi connectivity index (χ1) is 8.24. The van der Waals surface area contributed by atoms with Crippen LogP contribution < -0.4 is 5.73 Å². The maximum Gasteiger partial charge on any atom is 0.239 e. The van der Waals surface area contributed by atoms with Crippen molar-refractivity contribution in [3.8, 4) is 5.75 Å². The maximum absolute atomic E-state index is 9.30. The molecule has 1 aromatic carbocycles. The van der Waals surface area contributed by atoms with Gasteiger partial charge in [-0.1, -0.05) is 12.1 Å². The first-order valence-corrected chi connectivity index (χ1v) is 5.74. The van der Waals surface area contributed by atoms with Gasteiger partial charge in [-0.2, -0.15) is 4.98 Å². The van der Waals surface area contributed by atoms with Crippen LogP contribution in [0.15, 0.2) is 24.3 Å². The molecule has 1 aliphatic heterocycles. The Hall–Kier alpha value is -2.04. The number of nitrogens with zero attached hydrogens (tertiary/aromatic N) is 3. The van der Waals surface area contributed by atoms with Gasteiger partial charge in [0.2, 0.25) is 5.95 Å². The van der Waals surface area contributed by atoms with Crippen molar-refractivity contribution in [3.05, 3.63) is 35.7 Å². The quantitative estimate of drug-likeness (QED) is 0.778. The number of fused-ring (bicyclic) bond motifs is 1. The predicted molar refractivity (Wildman–Crippen MR) is 63.6 cm³/mol. The molecule has 0 aliphatic carbocycles. The lowest BCUT2D eigenvalue weighted by Crippen LogP contribution is -2.20. The largest absolute Gasteiger partial charge is 0.508 e. The summed E-state index contributed by atoms with van der Waals surface area (Å²) in [6, 6.07) is 7.43. The highest BCUT2D eigenvalue weighted by atomic mass is 16.3. The lowest BCUT2D eigenvalue weighted by molar-refractivity contribution is 0.411. The molecular formula is C12H14N4O. The van der Waals surface area contributed by atoms with Gasteiger partial charge in [-0.15, -0.1) is 5.10 Å². The van der Waals surface area contributed by atoms with Crippen molar-refractivity contribution in [2.24, 2.45) is 0 Å². The monoisotopic (exact) mass is 230 g/mol. The summed E-state index contributed by atoms with van der Waals surface area (Å²) in [5, 5.41) is 13.6. The molecule has 2 aromatic rings. The smallest absolute Gasteiger partial charge is 0.239 e. The number of nitrogen functional groups attached to an aromatic ring is 1. The molecule has 3 N–H and O–H groups in total. The molecule has 2 heterocycles. The highest BCUT2D eigenvalue weighted by Crippen LogP contribution is 2.30. The fraction of sp³-hybridized carbons (Fsp3) is 0.333. The second-order valence-electron chi connectivity index (χ2n) is 4.33. The molecule has 0 radical (unpaired) electrons. The molecule has 0 spiro atoms. The molecule has 0 bridgehead atoms. The van der Waals surface area contributed by atoms with Gasteiger partial charge in [0.15, 0.2) is 0 Å². The zero-order chi connectivity index (χ0) is 11.8. The van der Waals surface area contributed by atoms with Crippen molar-refractivity contribution in [2.75, 3.05) is 5.73 Å². The van der Waals surface area contributed by atoms with E-state index in [1.807, 2.05) is 16.8 Å². The van der Waals surface area contributed by atoms with Crippen LogP contribution >= 0.6 is 0 Å². The second-order valence-corrected chi connectivity index (χ2v) is 4.33. The van der Waals surface area contributed by atoms with Crippen molar-refractivity contribution in [2.45, 2.75) is 25.3 Å². The van der Waals surface area contributed by atoms with E-state index >= 15 is 0 Å². The molecule has 5 heteroatoms. The number of hydrogen-bond donors (Lipinski definition) is 2. The molecule has 1 atom stereocenters. The van der Waals surface area contributed by atoms with Crippen LogP contribution in [0.25, 0.3) is 0 Å². The van der Waals surface area contributed by atoms with Crippen LogP contribution in [0.2, 0.25) is 0 Å². The Morgan fingerprint density at radius 3 is 2.82 bits per heavy atom. The lowest BCUT2D eigenvalue weighted by Gasteiger charge is -2.23. The van der Waals surface area contributed by atoms with E-state index in [-0.39, 0.29) is 11.8 Å². The van der Waals surface area contributed by atoms with Gasteiger partial charge in [0.25, 0.3) is 0 Å². The summed E-state index contributed by atoms with van der Waals surface area (Å²) in [6.07, 6.45) is 3.04. The number of phenols is 1. The van der Waals surface area contributed by atoms with Gasteiger partial charge < -0.3 is 10.8 Å². The first-order valence-electron chi connectivity index (χ1n) is 5.74. The summed E-state index contributed by atoms with van der Waals surface area (Å²) in [7, 11) is 0. The normalized spacial score (nSPS) is 18.9. The average molecular weight is 230 g/mol. The fourth-order valence-corrected chi connectivity index (χ4v) is 2.37. The van der Waals surface area contributed by atoms with E-state index in [1.54, 1.807) is 12.1 Å². The van der Waals surface area contributed by atoms with Crippen molar-refractivity contribution < 1.29 is 5.11 Å². The van der Waals surface area contributed by atoms with Crippen molar-refractivity contribution in [3.63, 3.8) is 0 Å². The highest BCUT2D eigenvalue weighted by molar-refractivity contribution is 5.29. The number of anilines is 1. The second kappa shape index (κ2) is 3.76. The van der Waals surface area contributed by atoms with Crippen LogP contribution in [0, 0.1) is 0 Å². The molecule has 0 fully saturated rings. The Morgan fingerprint density at radius 2 is 2.06 bits per heavy atom. The summed E-state index contributed by atoms with van der Waals surface area (Å²) in [6.45, 7) is 0. The van der Waals surface area contributed by atoms with Gasteiger partial charge >= 0.3 is 0 Å². The molecule has 1 unspecified atom stereocenters. The van der Waals surface area contributed by atoms with E-state index in [1.165, 1.54) is 0 Å². The molecule has 17 heavy (non-hydrogen) atoms. The van der Waals surface area contributed by atoms with Crippen LogP contribution in [0.5, 0.6) is 5.75 Å². The number of benzene rings is 1. The standard InChI is InChI=1S/C12H14N4O/c13-12-14-11-3-1-2-10(16(11)15-12)8-4-6-9(17)7-5-8/h4-7,10,17H,1-3H2,(H2,13,15). The molecule has 1 aliphatic rings. The van der Waals surface area contributed by atoms with Crippen molar-refractivity contribution in [1.82, 2.24) is 14.8 Å². The molecule has 1 aromatic heterocycles. The van der Waals surface area contributed by atoms with Gasteiger partial charge in [0.05, 0.1) is 6.04 Å². The van der Waals surface area contributed by atoms with E-state index in [4.69, 9.17) is 5.73 Å². The number of hydrogen-bond acceptors (Lipinski definition) is 4. The topological polar surface area (TPSA) is 77.0 Å². The average Bonchev–Trinajstić information content (AvgIpc) is 2.70. The van der Waals surface area contributed by atoms with E-state index < -0.39 is 0 Å². The molecule has 3 rings (SSSR count). The van der Waals surface area contributed by atoms with E-state index in [0.717, 1.165) is 30.7 Å². The van der Waals surface area contributed by atoms with Crippen LogP contribution in [-0.2, 0) is 6.42 Å². The third kappa shape index (κ3) is 1.73. The van der Waals surface area contributed by atoms with Gasteiger partial charge in [0, 0.05) is 6.42 Å². The molecule has 5 nitrogen and oxygen atoms in total. The fourth-order valence-electron chi connectivity index (χ4n) is 2.37. The number of rotatable bonds is 1. The first kappa shape index (κ1) is 10.1. The van der Waals surface area contributed by atoms with Gasteiger partial charge in [0.1, 0.15) is 11.6 Å². The summed E-state index contributed by atoms with van der Waals surface area (Å²) >= 11 is 0. The van der Waals surface area contributed by atoms with Crippen LogP contribution in [0.1, 0.15) is 30.3 Å². The molecular weight excluding hydrogens is 216 g/mol. The Bertz CT molecular complexity index is 532. The number of nitrogens with two attached hydrogens (primary N) is 1. The molecule has 0 saturated carbocycles. The van der Waals surface area contributed by atoms with Crippen LogP contribution in [-0.4, -0.2) is 19.9 Å². The molecule has 0 amide bonds. The lowest BCUT2D eigenvalue weighted by atomic mass is 9.98. The summed E-state index contributed by atoms with van der Waals surface area (Å²) in [5.74, 6) is 1.57. The summed E-state index contributed by atoms with van der Waals surface area (Å²) < 4.78 is 1.91. The Morgan fingerprint density at radius 1 is 1.29 bits per heavy atom. The summed E-state index contributed by atoms with van der Waals surface area (Å²) in [5.41, 5.74) is 6.77. The summed E-state index contributed by atoms with van der Waals surface area (Å²) in [4.78, 5) is 4.22. The van der Waals surface area contributed by atoms with E-state index in [2.05, 4.69) is 10.1 Å². The third-order valence-corrected chi connectivity index (χ3v) is 3.17. The maximum atomic E-state index is 9.30. The third-order valence-electron chi connectivity index (χ3n) is 3.17. The van der Waals surface area contributed by atoms with E-state index in [9.17, 15) is 5.11 Å². The van der Waals surface area contributed by atoms with Gasteiger partial charge in [-0.25, -0.2) is 4.68 Å². The number of aryl methyl sites for hydroxylation is 1. The minimum atomic E-state index is 0.184. The number of aromatic hydroxyl groups is 1. The highest BCUT2D eigenvalue weighted by Gasteiger charge is 2.23. The zero-order valence-electron chi connectivity index (χ0n) is 9.37. The SMILES string of the molecule is Nc1nc2n(n1)C(c1ccc(O)cc1)CCC2. The minimum Gasteiger partial charge on any atom is -0.508 e. The van der Waals surface area contributed by atoms with E-state index in [0.29, 0.717) is 5.95 Å². The number of phenolic OH excluding ortho intramolecular Hbond substituents is 1. The van der Waals surface area contributed by atoms with Crippen molar-refractivity contribution in [1.29, 1.82) is 0 Å².